The third kappa shape index (κ3) is 2.70. The van der Waals surface area contributed by atoms with Gasteiger partial charge in [0, 0.05) is 10.2 Å². The van der Waals surface area contributed by atoms with Crippen molar-refractivity contribution in [1.29, 1.82) is 5.26 Å². The van der Waals surface area contributed by atoms with Crippen LogP contribution in [0.15, 0.2) is 64.0 Å². The topological polar surface area (TPSA) is 86.3 Å². The van der Waals surface area contributed by atoms with Gasteiger partial charge in [-0.15, -0.1) is 0 Å². The van der Waals surface area contributed by atoms with Gasteiger partial charge in [0.2, 0.25) is 0 Å². The molecule has 0 unspecified atom stereocenters. The van der Waals surface area contributed by atoms with Gasteiger partial charge in [-0.25, -0.2) is 8.42 Å². The smallest absolute Gasteiger partial charge is 0.265 e. The minimum Gasteiger partial charge on any atom is -0.508 e. The Labute approximate surface area is 171 Å². The lowest BCUT2D eigenvalue weighted by Crippen LogP contribution is -2.39. The molecule has 0 radical (unpaired) electrons. The zero-order valence-corrected chi connectivity index (χ0v) is 17.3. The van der Waals surface area contributed by atoms with Crippen LogP contribution < -0.4 is 4.31 Å². The van der Waals surface area contributed by atoms with Crippen LogP contribution in [0, 0.1) is 11.3 Å². The predicted molar refractivity (Wildman–Crippen MR) is 109 cm³/mol. The fourth-order valence-corrected chi connectivity index (χ4v) is 5.68. The van der Waals surface area contributed by atoms with Gasteiger partial charge < -0.3 is 9.67 Å². The first kappa shape index (κ1) is 18.6. The second-order valence-electron chi connectivity index (χ2n) is 6.44. The fraction of sp³-hybridized carbons (Fsp3) is 0.150. The van der Waals surface area contributed by atoms with E-state index in [0.717, 1.165) is 10.2 Å². The highest BCUT2D eigenvalue weighted by atomic mass is 79.9. The van der Waals surface area contributed by atoms with E-state index >= 15 is 0 Å². The average molecular weight is 458 g/mol. The zero-order valence-electron chi connectivity index (χ0n) is 14.9. The molecule has 0 amide bonds. The average Bonchev–Trinajstić information content (AvgIpc) is 3.11. The number of rotatable bonds is 3. The van der Waals surface area contributed by atoms with E-state index in [1.54, 1.807) is 24.3 Å². The van der Waals surface area contributed by atoms with Gasteiger partial charge in [-0.2, -0.15) is 5.26 Å². The van der Waals surface area contributed by atoms with E-state index in [9.17, 15) is 18.8 Å². The van der Waals surface area contributed by atoms with Crippen molar-refractivity contribution in [3.63, 3.8) is 0 Å². The molecular formula is C20H16BrN3O3S. The molecule has 1 aliphatic rings. The Kier molecular flexibility index (Phi) is 4.44. The van der Waals surface area contributed by atoms with Crippen molar-refractivity contribution in [2.45, 2.75) is 24.3 Å². The zero-order chi connectivity index (χ0) is 20.1. The molecule has 0 saturated heterocycles. The molecule has 0 fully saturated rings. The number of nitriles is 1. The molecule has 0 spiro atoms. The summed E-state index contributed by atoms with van der Waals surface area (Å²) in [5, 5.41) is 19.1. The van der Waals surface area contributed by atoms with E-state index in [1.807, 2.05) is 17.6 Å². The first-order chi connectivity index (χ1) is 13.4. The normalized spacial score (nSPS) is 15.6. The minimum absolute atomic E-state index is 0.000295. The maximum absolute atomic E-state index is 13.6. The van der Waals surface area contributed by atoms with Crippen molar-refractivity contribution in [3.05, 3.63) is 70.5 Å². The SMILES string of the molecule is CC[C@H]1c2ccc(C#N)n2-c2ccc(Br)cc2N1S(=O)(=O)c1ccc(O)cc1. The van der Waals surface area contributed by atoms with Gasteiger partial charge in [-0.05, 0) is 61.0 Å². The van der Waals surface area contributed by atoms with E-state index in [1.165, 1.54) is 28.6 Å². The number of fused-ring (bicyclic) bond motifs is 3. The van der Waals surface area contributed by atoms with Crippen molar-refractivity contribution in [2.24, 2.45) is 0 Å². The summed E-state index contributed by atoms with van der Waals surface area (Å²) in [6.07, 6.45) is 0.526. The number of aromatic hydroxyl groups is 1. The van der Waals surface area contributed by atoms with Crippen LogP contribution >= 0.6 is 15.9 Å². The van der Waals surface area contributed by atoms with Gasteiger partial charge in [0.15, 0.2) is 0 Å². The Balaban J connectivity index is 2.01. The Bertz CT molecular complexity index is 1210. The van der Waals surface area contributed by atoms with Crippen LogP contribution in [0.1, 0.15) is 30.8 Å². The Morgan fingerprint density at radius 1 is 1.11 bits per heavy atom. The minimum atomic E-state index is -3.91. The van der Waals surface area contributed by atoms with E-state index in [4.69, 9.17) is 0 Å². The first-order valence-corrected chi connectivity index (χ1v) is 10.9. The van der Waals surface area contributed by atoms with Crippen molar-refractivity contribution in [3.8, 4) is 17.5 Å². The third-order valence-electron chi connectivity index (χ3n) is 4.85. The maximum atomic E-state index is 13.6. The molecule has 0 saturated carbocycles. The molecule has 2 heterocycles. The molecule has 2 aromatic carbocycles. The molecule has 8 heteroatoms. The van der Waals surface area contributed by atoms with E-state index in [-0.39, 0.29) is 10.6 Å². The molecule has 1 aromatic heterocycles. The van der Waals surface area contributed by atoms with Crippen LogP contribution in [0.3, 0.4) is 0 Å². The summed E-state index contributed by atoms with van der Waals surface area (Å²) in [6.45, 7) is 1.91. The number of phenolic OH excluding ortho intramolecular Hbond substituents is 1. The maximum Gasteiger partial charge on any atom is 0.265 e. The molecule has 3 aromatic rings. The summed E-state index contributed by atoms with van der Waals surface area (Å²) >= 11 is 3.43. The summed E-state index contributed by atoms with van der Waals surface area (Å²) in [7, 11) is -3.91. The van der Waals surface area contributed by atoms with Gasteiger partial charge in [-0.1, -0.05) is 22.9 Å². The monoisotopic (exact) mass is 457 g/mol. The molecule has 1 aliphatic heterocycles. The van der Waals surface area contributed by atoms with Crippen LogP contribution in [0.25, 0.3) is 5.69 Å². The number of sulfonamides is 1. The number of hydrogen-bond acceptors (Lipinski definition) is 4. The Morgan fingerprint density at radius 3 is 2.46 bits per heavy atom. The highest BCUT2D eigenvalue weighted by Gasteiger charge is 2.39. The van der Waals surface area contributed by atoms with Crippen molar-refractivity contribution in [1.82, 2.24) is 4.57 Å². The number of benzene rings is 2. The van der Waals surface area contributed by atoms with Crippen molar-refractivity contribution in [2.75, 3.05) is 4.31 Å². The van der Waals surface area contributed by atoms with Gasteiger partial charge in [-0.3, -0.25) is 4.31 Å². The fourth-order valence-electron chi connectivity index (χ4n) is 3.62. The highest BCUT2D eigenvalue weighted by Crippen LogP contribution is 2.45. The van der Waals surface area contributed by atoms with Gasteiger partial charge >= 0.3 is 0 Å². The standard InChI is InChI=1S/C20H16BrN3O3S/c1-2-17-18-10-4-14(12-22)23(18)19-9-3-13(21)11-20(19)24(17)28(26,27)16-7-5-15(25)6-8-16/h3-11,17,25H,2H2,1H3/t17-/m0/s1. The largest absolute Gasteiger partial charge is 0.508 e. The number of halogens is 1. The van der Waals surface area contributed by atoms with Gasteiger partial charge in [0.25, 0.3) is 10.0 Å². The van der Waals surface area contributed by atoms with E-state index in [2.05, 4.69) is 22.0 Å². The lowest BCUT2D eigenvalue weighted by molar-refractivity contribution is 0.474. The van der Waals surface area contributed by atoms with Gasteiger partial charge in [0.05, 0.1) is 22.3 Å². The van der Waals surface area contributed by atoms with Crippen LogP contribution in [0.5, 0.6) is 5.75 Å². The molecule has 1 atom stereocenters. The lowest BCUT2D eigenvalue weighted by Gasteiger charge is -2.38. The quantitative estimate of drug-likeness (QED) is 0.627. The molecule has 0 bridgehead atoms. The first-order valence-electron chi connectivity index (χ1n) is 8.63. The molecular weight excluding hydrogens is 442 g/mol. The van der Waals surface area contributed by atoms with Crippen LogP contribution in [-0.4, -0.2) is 18.1 Å². The summed E-state index contributed by atoms with van der Waals surface area (Å²) in [5.74, 6) is 0.000295. The Hall–Kier alpha value is -2.76. The van der Waals surface area contributed by atoms with Crippen LogP contribution in [0.4, 0.5) is 5.69 Å². The number of phenols is 1. The summed E-state index contributed by atoms with van der Waals surface area (Å²) in [6, 6.07) is 16.1. The lowest BCUT2D eigenvalue weighted by atomic mass is 10.1. The molecule has 28 heavy (non-hydrogen) atoms. The molecule has 0 aliphatic carbocycles. The summed E-state index contributed by atoms with van der Waals surface area (Å²) in [4.78, 5) is 0.0928. The highest BCUT2D eigenvalue weighted by molar-refractivity contribution is 9.10. The van der Waals surface area contributed by atoms with Crippen LogP contribution in [0.2, 0.25) is 0 Å². The number of anilines is 1. The second kappa shape index (κ2) is 6.69. The number of hydrogen-bond donors (Lipinski definition) is 1. The summed E-state index contributed by atoms with van der Waals surface area (Å²) in [5.41, 5.74) is 2.33. The van der Waals surface area contributed by atoms with Crippen molar-refractivity contribution >= 4 is 31.6 Å². The van der Waals surface area contributed by atoms with Crippen LogP contribution in [-0.2, 0) is 10.0 Å². The van der Waals surface area contributed by atoms with Gasteiger partial charge in [0.1, 0.15) is 17.5 Å². The molecule has 6 nitrogen and oxygen atoms in total. The Morgan fingerprint density at radius 2 is 1.82 bits per heavy atom. The molecule has 1 N–H and O–H groups in total. The molecule has 4 rings (SSSR count). The van der Waals surface area contributed by atoms with E-state index < -0.39 is 16.1 Å². The van der Waals surface area contributed by atoms with E-state index in [0.29, 0.717) is 23.5 Å². The predicted octanol–water partition coefficient (Wildman–Crippen LogP) is 4.48. The molecule has 142 valence electrons. The third-order valence-corrected chi connectivity index (χ3v) is 7.18. The number of aromatic nitrogens is 1. The number of nitrogens with zero attached hydrogens (tertiary/aromatic N) is 3. The van der Waals surface area contributed by atoms with Crippen molar-refractivity contribution < 1.29 is 13.5 Å². The second-order valence-corrected chi connectivity index (χ2v) is 9.17. The summed E-state index contributed by atoms with van der Waals surface area (Å²) < 4.78 is 31.1.